The van der Waals surface area contributed by atoms with E-state index in [1.54, 1.807) is 18.7 Å². The molecule has 0 atom stereocenters. The third kappa shape index (κ3) is 2.10. The Bertz CT molecular complexity index is 795. The van der Waals surface area contributed by atoms with Crippen LogP contribution in [0, 0.1) is 0 Å². The fraction of sp³-hybridized carbons (Fsp3) is 0.357. The van der Waals surface area contributed by atoms with E-state index in [1.807, 2.05) is 6.92 Å². The first kappa shape index (κ1) is 12.2. The summed E-state index contributed by atoms with van der Waals surface area (Å²) in [7, 11) is 0. The number of aromatic nitrogens is 6. The molecular weight excluding hydrogens is 268 g/mol. The zero-order chi connectivity index (χ0) is 14.2. The van der Waals surface area contributed by atoms with Crippen LogP contribution in [0.4, 0.5) is 0 Å². The molecule has 0 amide bonds. The Labute approximate surface area is 120 Å². The van der Waals surface area contributed by atoms with Crippen LogP contribution in [0.5, 0.6) is 5.88 Å². The average Bonchev–Trinajstić information content (AvgIpc) is 3.25. The summed E-state index contributed by atoms with van der Waals surface area (Å²) in [5, 5.41) is 6.82. The number of rotatable bonds is 4. The standard InChI is InChI=1S/C14H14N6O/c1-2-21-14-11(12(8-3-4-8)16-7-17-14)13-15-5-10-9(19-13)6-18-20-10/h5-8H,2-4H2,1H3,(H,18,20). The summed E-state index contributed by atoms with van der Waals surface area (Å²) in [5.74, 6) is 1.61. The number of nitrogens with one attached hydrogen (secondary N) is 1. The van der Waals surface area contributed by atoms with Crippen LogP contribution in [0.1, 0.15) is 31.4 Å². The molecule has 7 nitrogen and oxygen atoms in total. The second kappa shape index (κ2) is 4.76. The molecule has 3 heterocycles. The summed E-state index contributed by atoms with van der Waals surface area (Å²) in [6.45, 7) is 2.48. The lowest BCUT2D eigenvalue weighted by Gasteiger charge is -2.11. The molecule has 21 heavy (non-hydrogen) atoms. The minimum absolute atomic E-state index is 0.464. The molecule has 106 valence electrons. The average molecular weight is 282 g/mol. The zero-order valence-corrected chi connectivity index (χ0v) is 11.6. The van der Waals surface area contributed by atoms with E-state index in [4.69, 9.17) is 4.74 Å². The monoisotopic (exact) mass is 282 g/mol. The normalized spacial score (nSPS) is 14.5. The second-order valence-corrected chi connectivity index (χ2v) is 5.01. The van der Waals surface area contributed by atoms with Crippen molar-refractivity contribution in [1.29, 1.82) is 0 Å². The molecule has 0 bridgehead atoms. The van der Waals surface area contributed by atoms with Crippen molar-refractivity contribution in [2.24, 2.45) is 0 Å². The second-order valence-electron chi connectivity index (χ2n) is 5.01. The summed E-state index contributed by atoms with van der Waals surface area (Å²) in [5.41, 5.74) is 3.37. The maximum absolute atomic E-state index is 5.65. The minimum Gasteiger partial charge on any atom is -0.477 e. The van der Waals surface area contributed by atoms with Crippen LogP contribution in [0.2, 0.25) is 0 Å². The van der Waals surface area contributed by atoms with Crippen molar-refractivity contribution >= 4 is 11.0 Å². The zero-order valence-electron chi connectivity index (χ0n) is 11.6. The van der Waals surface area contributed by atoms with Gasteiger partial charge in [0.25, 0.3) is 0 Å². The van der Waals surface area contributed by atoms with Crippen LogP contribution in [0.3, 0.4) is 0 Å². The quantitative estimate of drug-likeness (QED) is 0.788. The van der Waals surface area contributed by atoms with Gasteiger partial charge in [0.15, 0.2) is 5.82 Å². The van der Waals surface area contributed by atoms with E-state index in [2.05, 4.69) is 30.1 Å². The van der Waals surface area contributed by atoms with Crippen molar-refractivity contribution in [3.8, 4) is 17.3 Å². The summed E-state index contributed by atoms with van der Waals surface area (Å²) in [6, 6.07) is 0. The van der Waals surface area contributed by atoms with Crippen LogP contribution >= 0.6 is 0 Å². The van der Waals surface area contributed by atoms with Crippen LogP contribution < -0.4 is 4.74 Å². The molecule has 3 aromatic heterocycles. The van der Waals surface area contributed by atoms with Gasteiger partial charge < -0.3 is 4.74 Å². The number of nitrogens with zero attached hydrogens (tertiary/aromatic N) is 5. The van der Waals surface area contributed by atoms with Crippen molar-refractivity contribution in [2.45, 2.75) is 25.7 Å². The largest absolute Gasteiger partial charge is 0.477 e. The Morgan fingerprint density at radius 3 is 2.95 bits per heavy atom. The van der Waals surface area contributed by atoms with Crippen LogP contribution in [-0.2, 0) is 0 Å². The van der Waals surface area contributed by atoms with E-state index in [0.29, 0.717) is 24.2 Å². The van der Waals surface area contributed by atoms with Gasteiger partial charge in [-0.3, -0.25) is 5.10 Å². The fourth-order valence-corrected chi connectivity index (χ4v) is 2.37. The van der Waals surface area contributed by atoms with Gasteiger partial charge in [0, 0.05) is 5.92 Å². The highest BCUT2D eigenvalue weighted by Crippen LogP contribution is 2.44. The Balaban J connectivity index is 1.91. The maximum atomic E-state index is 5.65. The predicted octanol–water partition coefficient (Wildman–Crippen LogP) is 2.09. The molecule has 0 unspecified atom stereocenters. The van der Waals surface area contributed by atoms with Gasteiger partial charge >= 0.3 is 0 Å². The first-order valence-corrected chi connectivity index (χ1v) is 7.01. The van der Waals surface area contributed by atoms with E-state index in [9.17, 15) is 0 Å². The van der Waals surface area contributed by atoms with E-state index in [0.717, 1.165) is 35.1 Å². The SMILES string of the molecule is CCOc1ncnc(C2CC2)c1-c1ncc2[nH]ncc2n1. The summed E-state index contributed by atoms with van der Waals surface area (Å²) >= 11 is 0. The first-order chi connectivity index (χ1) is 10.4. The van der Waals surface area contributed by atoms with Gasteiger partial charge in [0.05, 0.1) is 24.7 Å². The molecule has 0 saturated heterocycles. The molecule has 1 N–H and O–H groups in total. The molecule has 0 aromatic carbocycles. The van der Waals surface area contributed by atoms with Gasteiger partial charge in [-0.05, 0) is 19.8 Å². The van der Waals surface area contributed by atoms with Crippen molar-refractivity contribution in [3.63, 3.8) is 0 Å². The van der Waals surface area contributed by atoms with E-state index in [1.165, 1.54) is 0 Å². The van der Waals surface area contributed by atoms with Gasteiger partial charge in [-0.2, -0.15) is 5.10 Å². The van der Waals surface area contributed by atoms with E-state index in [-0.39, 0.29) is 0 Å². The van der Waals surface area contributed by atoms with Crippen LogP contribution in [0.15, 0.2) is 18.7 Å². The Morgan fingerprint density at radius 2 is 2.14 bits per heavy atom. The molecule has 4 rings (SSSR count). The lowest BCUT2D eigenvalue weighted by Crippen LogP contribution is -2.04. The predicted molar refractivity (Wildman–Crippen MR) is 75.9 cm³/mol. The summed E-state index contributed by atoms with van der Waals surface area (Å²) in [4.78, 5) is 17.7. The number of hydrogen-bond acceptors (Lipinski definition) is 6. The number of H-pyrrole nitrogens is 1. The maximum Gasteiger partial charge on any atom is 0.228 e. The van der Waals surface area contributed by atoms with Crippen LogP contribution in [-0.4, -0.2) is 36.7 Å². The number of aromatic amines is 1. The highest BCUT2D eigenvalue weighted by atomic mass is 16.5. The molecule has 0 radical (unpaired) electrons. The molecular formula is C14H14N6O. The number of hydrogen-bond donors (Lipinski definition) is 1. The fourth-order valence-electron chi connectivity index (χ4n) is 2.37. The van der Waals surface area contributed by atoms with E-state index >= 15 is 0 Å². The Hall–Kier alpha value is -2.57. The molecule has 1 fully saturated rings. The molecule has 0 aliphatic heterocycles. The summed E-state index contributed by atoms with van der Waals surface area (Å²) < 4.78 is 5.65. The lowest BCUT2D eigenvalue weighted by molar-refractivity contribution is 0.327. The smallest absolute Gasteiger partial charge is 0.228 e. The highest BCUT2D eigenvalue weighted by Gasteiger charge is 2.31. The number of ether oxygens (including phenoxy) is 1. The molecule has 7 heteroatoms. The van der Waals surface area contributed by atoms with Gasteiger partial charge in [0.2, 0.25) is 5.88 Å². The third-order valence-electron chi connectivity index (χ3n) is 3.50. The molecule has 1 saturated carbocycles. The first-order valence-electron chi connectivity index (χ1n) is 7.01. The Kier molecular flexibility index (Phi) is 2.77. The highest BCUT2D eigenvalue weighted by molar-refractivity contribution is 5.76. The van der Waals surface area contributed by atoms with Gasteiger partial charge in [-0.25, -0.2) is 19.9 Å². The minimum atomic E-state index is 0.464. The van der Waals surface area contributed by atoms with Crippen molar-refractivity contribution in [2.75, 3.05) is 6.61 Å². The van der Waals surface area contributed by atoms with Crippen LogP contribution in [0.25, 0.3) is 22.4 Å². The van der Waals surface area contributed by atoms with Gasteiger partial charge in [-0.1, -0.05) is 0 Å². The topological polar surface area (TPSA) is 89.5 Å². The van der Waals surface area contributed by atoms with Crippen molar-refractivity contribution in [3.05, 3.63) is 24.4 Å². The number of fused-ring (bicyclic) bond motifs is 1. The Morgan fingerprint density at radius 1 is 1.24 bits per heavy atom. The molecule has 1 aliphatic rings. The molecule has 0 spiro atoms. The van der Waals surface area contributed by atoms with Gasteiger partial charge in [-0.15, -0.1) is 0 Å². The lowest BCUT2D eigenvalue weighted by atomic mass is 10.1. The van der Waals surface area contributed by atoms with Gasteiger partial charge in [0.1, 0.15) is 22.9 Å². The van der Waals surface area contributed by atoms with E-state index < -0.39 is 0 Å². The molecule has 1 aliphatic carbocycles. The third-order valence-corrected chi connectivity index (χ3v) is 3.50. The van der Waals surface area contributed by atoms with Crippen molar-refractivity contribution in [1.82, 2.24) is 30.1 Å². The summed E-state index contributed by atoms with van der Waals surface area (Å²) in [6.07, 6.45) is 7.25. The van der Waals surface area contributed by atoms with Crippen molar-refractivity contribution < 1.29 is 4.74 Å². The molecule has 3 aromatic rings.